The molecule has 0 radical (unpaired) electrons. The molecule has 0 spiro atoms. The normalized spacial score (nSPS) is 10.5. The van der Waals surface area contributed by atoms with Gasteiger partial charge in [-0.05, 0) is 61.2 Å². The summed E-state index contributed by atoms with van der Waals surface area (Å²) in [5.41, 5.74) is 4.13. The molecule has 0 saturated carbocycles. The smallest absolute Gasteiger partial charge is 0.336 e. The fraction of sp³-hybridized carbons (Fsp3) is 0.188. The molecule has 2 aromatic rings. The number of hydrogen-bond acceptors (Lipinski definition) is 1. The Morgan fingerprint density at radius 1 is 1.05 bits per heavy atom. The summed E-state index contributed by atoms with van der Waals surface area (Å²) in [6.45, 7) is 5.49. The maximum absolute atomic E-state index is 13.3. The number of carbonyl (C=O) groups is 1. The number of aryl methyl sites for hydroxylation is 3. The summed E-state index contributed by atoms with van der Waals surface area (Å²) in [4.78, 5) is 11.3. The Labute approximate surface area is 111 Å². The predicted molar refractivity (Wildman–Crippen MR) is 73.0 cm³/mol. The summed E-state index contributed by atoms with van der Waals surface area (Å²) in [6, 6.07) is 8.04. The number of hydrogen-bond donors (Lipinski definition) is 1. The lowest BCUT2D eigenvalue weighted by Gasteiger charge is -2.14. The summed E-state index contributed by atoms with van der Waals surface area (Å²) >= 11 is 0. The number of carboxylic acids is 1. The summed E-state index contributed by atoms with van der Waals surface area (Å²) in [5, 5.41) is 9.28. The van der Waals surface area contributed by atoms with Crippen LogP contribution in [-0.2, 0) is 0 Å². The van der Waals surface area contributed by atoms with Crippen LogP contribution in [0, 0.1) is 26.6 Å². The van der Waals surface area contributed by atoms with E-state index in [1.807, 2.05) is 13.0 Å². The van der Waals surface area contributed by atoms with Gasteiger partial charge in [-0.25, -0.2) is 9.18 Å². The van der Waals surface area contributed by atoms with Gasteiger partial charge in [-0.1, -0.05) is 17.7 Å². The van der Waals surface area contributed by atoms with Gasteiger partial charge in [0.2, 0.25) is 0 Å². The quantitative estimate of drug-likeness (QED) is 0.879. The molecule has 2 rings (SSSR count). The van der Waals surface area contributed by atoms with Gasteiger partial charge in [-0.3, -0.25) is 0 Å². The minimum Gasteiger partial charge on any atom is -0.478 e. The second-order valence-corrected chi connectivity index (χ2v) is 4.77. The van der Waals surface area contributed by atoms with Gasteiger partial charge in [0.1, 0.15) is 5.82 Å². The zero-order valence-electron chi connectivity index (χ0n) is 11.1. The average molecular weight is 258 g/mol. The van der Waals surface area contributed by atoms with Crippen LogP contribution in [0.3, 0.4) is 0 Å². The Morgan fingerprint density at radius 3 is 2.16 bits per heavy atom. The SMILES string of the molecule is Cc1ccc(C(=O)O)c(-c2c(C)cc(F)cc2C)c1. The Bertz CT molecular complexity index is 637. The van der Waals surface area contributed by atoms with Crippen LogP contribution in [0.25, 0.3) is 11.1 Å². The lowest BCUT2D eigenvalue weighted by molar-refractivity contribution is 0.0698. The summed E-state index contributed by atoms with van der Waals surface area (Å²) in [7, 11) is 0. The van der Waals surface area contributed by atoms with E-state index >= 15 is 0 Å². The van der Waals surface area contributed by atoms with Gasteiger partial charge in [-0.15, -0.1) is 0 Å². The Morgan fingerprint density at radius 2 is 1.63 bits per heavy atom. The highest BCUT2D eigenvalue weighted by Gasteiger charge is 2.16. The molecule has 0 amide bonds. The highest BCUT2D eigenvalue weighted by atomic mass is 19.1. The van der Waals surface area contributed by atoms with Crippen molar-refractivity contribution in [2.24, 2.45) is 0 Å². The first kappa shape index (κ1) is 13.3. The van der Waals surface area contributed by atoms with Gasteiger partial charge in [0.05, 0.1) is 5.56 Å². The molecule has 2 nitrogen and oxygen atoms in total. The maximum Gasteiger partial charge on any atom is 0.336 e. The molecule has 0 heterocycles. The molecule has 0 saturated heterocycles. The fourth-order valence-electron chi connectivity index (χ4n) is 2.39. The van der Waals surface area contributed by atoms with Gasteiger partial charge in [-0.2, -0.15) is 0 Å². The van der Waals surface area contributed by atoms with Crippen molar-refractivity contribution >= 4 is 5.97 Å². The molecule has 98 valence electrons. The Kier molecular flexibility index (Phi) is 3.38. The van der Waals surface area contributed by atoms with Gasteiger partial charge in [0.15, 0.2) is 0 Å². The molecule has 0 fully saturated rings. The number of benzene rings is 2. The molecule has 0 aliphatic carbocycles. The molecule has 19 heavy (non-hydrogen) atoms. The lowest BCUT2D eigenvalue weighted by atomic mass is 9.91. The lowest BCUT2D eigenvalue weighted by Crippen LogP contribution is -2.02. The van der Waals surface area contributed by atoms with Crippen LogP contribution in [0.4, 0.5) is 4.39 Å². The third-order valence-corrected chi connectivity index (χ3v) is 3.17. The molecule has 0 aliphatic heterocycles. The van der Waals surface area contributed by atoms with E-state index in [4.69, 9.17) is 0 Å². The van der Waals surface area contributed by atoms with Crippen molar-refractivity contribution in [1.82, 2.24) is 0 Å². The van der Waals surface area contributed by atoms with Crippen molar-refractivity contribution in [3.63, 3.8) is 0 Å². The van der Waals surface area contributed by atoms with E-state index in [0.717, 1.165) is 22.3 Å². The summed E-state index contributed by atoms with van der Waals surface area (Å²) in [6.07, 6.45) is 0. The van der Waals surface area contributed by atoms with E-state index in [1.54, 1.807) is 26.0 Å². The van der Waals surface area contributed by atoms with Crippen molar-refractivity contribution in [3.05, 3.63) is 58.4 Å². The molecular formula is C16H15FO2. The fourth-order valence-corrected chi connectivity index (χ4v) is 2.39. The van der Waals surface area contributed by atoms with Crippen LogP contribution in [-0.4, -0.2) is 11.1 Å². The van der Waals surface area contributed by atoms with Gasteiger partial charge >= 0.3 is 5.97 Å². The Balaban J connectivity index is 2.78. The largest absolute Gasteiger partial charge is 0.478 e. The third-order valence-electron chi connectivity index (χ3n) is 3.17. The number of carboxylic acid groups (broad SMARTS) is 1. The molecular weight excluding hydrogens is 243 g/mol. The van der Waals surface area contributed by atoms with Crippen LogP contribution >= 0.6 is 0 Å². The topological polar surface area (TPSA) is 37.3 Å². The van der Waals surface area contributed by atoms with E-state index < -0.39 is 5.97 Å². The third kappa shape index (κ3) is 2.50. The molecule has 1 N–H and O–H groups in total. The molecule has 2 aromatic carbocycles. The van der Waals surface area contributed by atoms with E-state index in [-0.39, 0.29) is 11.4 Å². The molecule has 0 aromatic heterocycles. The first-order chi connectivity index (χ1) is 8.90. The van der Waals surface area contributed by atoms with Crippen LogP contribution in [0.15, 0.2) is 30.3 Å². The van der Waals surface area contributed by atoms with E-state index in [1.165, 1.54) is 12.1 Å². The highest BCUT2D eigenvalue weighted by molar-refractivity contribution is 5.97. The Hall–Kier alpha value is -2.16. The zero-order valence-corrected chi connectivity index (χ0v) is 11.1. The number of halogens is 1. The monoisotopic (exact) mass is 258 g/mol. The first-order valence-electron chi connectivity index (χ1n) is 6.01. The summed E-state index contributed by atoms with van der Waals surface area (Å²) < 4.78 is 13.3. The highest BCUT2D eigenvalue weighted by Crippen LogP contribution is 2.31. The molecule has 0 bridgehead atoms. The number of rotatable bonds is 2. The molecule has 0 atom stereocenters. The minimum atomic E-state index is -0.974. The number of aromatic carboxylic acids is 1. The van der Waals surface area contributed by atoms with Crippen molar-refractivity contribution in [3.8, 4) is 11.1 Å². The van der Waals surface area contributed by atoms with E-state index in [0.29, 0.717) is 5.56 Å². The van der Waals surface area contributed by atoms with Gasteiger partial charge in [0, 0.05) is 0 Å². The maximum atomic E-state index is 13.3. The average Bonchev–Trinajstić information content (AvgIpc) is 2.27. The van der Waals surface area contributed by atoms with Gasteiger partial charge in [0.25, 0.3) is 0 Å². The molecule has 0 aliphatic rings. The van der Waals surface area contributed by atoms with Crippen LogP contribution in [0.5, 0.6) is 0 Å². The summed E-state index contributed by atoms with van der Waals surface area (Å²) in [5.74, 6) is -1.28. The van der Waals surface area contributed by atoms with E-state index in [9.17, 15) is 14.3 Å². The zero-order chi connectivity index (χ0) is 14.2. The standard InChI is InChI=1S/C16H15FO2/c1-9-4-5-13(16(18)19)14(6-9)15-10(2)7-12(17)8-11(15)3/h4-8H,1-3H3,(H,18,19). The second kappa shape index (κ2) is 4.84. The van der Waals surface area contributed by atoms with Crippen molar-refractivity contribution in [1.29, 1.82) is 0 Å². The van der Waals surface area contributed by atoms with Crippen molar-refractivity contribution < 1.29 is 14.3 Å². The van der Waals surface area contributed by atoms with Crippen molar-refractivity contribution in [2.45, 2.75) is 20.8 Å². The van der Waals surface area contributed by atoms with Crippen LogP contribution < -0.4 is 0 Å². The molecule has 3 heteroatoms. The minimum absolute atomic E-state index is 0.239. The molecule has 0 unspecified atom stereocenters. The van der Waals surface area contributed by atoms with Crippen LogP contribution in [0.1, 0.15) is 27.0 Å². The predicted octanol–water partition coefficient (Wildman–Crippen LogP) is 4.12. The van der Waals surface area contributed by atoms with Gasteiger partial charge < -0.3 is 5.11 Å². The van der Waals surface area contributed by atoms with Crippen molar-refractivity contribution in [2.75, 3.05) is 0 Å². The first-order valence-corrected chi connectivity index (χ1v) is 6.01. The van der Waals surface area contributed by atoms with E-state index in [2.05, 4.69) is 0 Å². The second-order valence-electron chi connectivity index (χ2n) is 4.77. The van der Waals surface area contributed by atoms with Crippen LogP contribution in [0.2, 0.25) is 0 Å².